The zero-order valence-electron chi connectivity index (χ0n) is 16.3. The summed E-state index contributed by atoms with van der Waals surface area (Å²) < 4.78 is 11.6. The summed E-state index contributed by atoms with van der Waals surface area (Å²) >= 11 is 0. The molecule has 2 heterocycles. The molecule has 0 N–H and O–H groups in total. The number of rotatable bonds is 6. The van der Waals surface area contributed by atoms with Gasteiger partial charge in [0.05, 0.1) is 12.7 Å². The highest BCUT2D eigenvalue weighted by atomic mass is 16.5. The molecule has 2 aliphatic rings. The van der Waals surface area contributed by atoms with E-state index in [0.29, 0.717) is 0 Å². The van der Waals surface area contributed by atoms with Gasteiger partial charge in [0.15, 0.2) is 6.61 Å². The molecule has 2 aromatic rings. The van der Waals surface area contributed by atoms with E-state index < -0.39 is 0 Å². The maximum absolute atomic E-state index is 12.1. The van der Waals surface area contributed by atoms with Crippen LogP contribution < -0.4 is 4.74 Å². The minimum Gasteiger partial charge on any atom is -0.484 e. The first-order chi connectivity index (χ1) is 13.8. The monoisotopic (exact) mass is 380 g/mol. The molecule has 148 valence electrons. The molecular weight excluding hydrogens is 352 g/mol. The second kappa shape index (κ2) is 9.22. The third-order valence-corrected chi connectivity index (χ3v) is 5.47. The lowest BCUT2D eigenvalue weighted by Gasteiger charge is -2.33. The molecule has 0 saturated carbocycles. The molecule has 0 aromatic heterocycles. The molecular formula is C23H28N2O3. The number of benzene rings is 2. The number of amides is 1. The van der Waals surface area contributed by atoms with E-state index in [-0.39, 0.29) is 18.6 Å². The molecule has 1 atom stereocenters. The standard InChI is InChI=1S/C23H28N2O3/c26-23(25-12-4-5-13-25)18-28-21-10-8-19(9-11-21)16-24-14-15-27-22(17-24)20-6-2-1-3-7-20/h1-3,6-11,22H,4-5,12-18H2. The van der Waals surface area contributed by atoms with Crippen molar-refractivity contribution in [3.63, 3.8) is 0 Å². The number of nitrogens with zero attached hydrogens (tertiary/aromatic N) is 2. The lowest BCUT2D eigenvalue weighted by Crippen LogP contribution is -2.37. The van der Waals surface area contributed by atoms with Crippen LogP contribution in [0.3, 0.4) is 0 Å². The Bertz CT molecular complexity index is 757. The molecule has 2 fully saturated rings. The van der Waals surface area contributed by atoms with Gasteiger partial charge in [-0.25, -0.2) is 0 Å². The second-order valence-corrected chi connectivity index (χ2v) is 7.53. The van der Waals surface area contributed by atoms with Gasteiger partial charge in [0.1, 0.15) is 5.75 Å². The van der Waals surface area contributed by atoms with Crippen LogP contribution in [0.4, 0.5) is 0 Å². The summed E-state index contributed by atoms with van der Waals surface area (Å²) in [6.07, 6.45) is 2.34. The first kappa shape index (κ1) is 19.0. The van der Waals surface area contributed by atoms with E-state index in [4.69, 9.17) is 9.47 Å². The number of carbonyl (C=O) groups is 1. The maximum Gasteiger partial charge on any atom is 0.260 e. The fraction of sp³-hybridized carbons (Fsp3) is 0.435. The summed E-state index contributed by atoms with van der Waals surface area (Å²) in [5.74, 6) is 0.835. The van der Waals surface area contributed by atoms with Crippen molar-refractivity contribution in [2.24, 2.45) is 0 Å². The number of likely N-dealkylation sites (tertiary alicyclic amines) is 1. The molecule has 0 radical (unpaired) electrons. The second-order valence-electron chi connectivity index (χ2n) is 7.53. The summed E-state index contributed by atoms with van der Waals surface area (Å²) in [6.45, 7) is 5.33. The minimum absolute atomic E-state index is 0.0850. The Morgan fingerprint density at radius 1 is 1.00 bits per heavy atom. The Hall–Kier alpha value is -2.37. The summed E-state index contributed by atoms with van der Waals surface area (Å²) in [7, 11) is 0. The molecule has 0 spiro atoms. The van der Waals surface area contributed by atoms with Crippen molar-refractivity contribution in [1.29, 1.82) is 0 Å². The van der Waals surface area contributed by atoms with Crippen LogP contribution in [0.15, 0.2) is 54.6 Å². The Morgan fingerprint density at radius 2 is 1.75 bits per heavy atom. The van der Waals surface area contributed by atoms with Crippen molar-refractivity contribution < 1.29 is 14.3 Å². The van der Waals surface area contributed by atoms with E-state index in [1.54, 1.807) is 0 Å². The van der Waals surface area contributed by atoms with Crippen molar-refractivity contribution in [3.8, 4) is 5.75 Å². The quantitative estimate of drug-likeness (QED) is 0.771. The molecule has 5 heteroatoms. The van der Waals surface area contributed by atoms with Gasteiger partial charge < -0.3 is 14.4 Å². The van der Waals surface area contributed by atoms with Crippen LogP contribution in [0, 0.1) is 0 Å². The van der Waals surface area contributed by atoms with Gasteiger partial charge in [0.25, 0.3) is 5.91 Å². The lowest BCUT2D eigenvalue weighted by atomic mass is 10.1. The Labute approximate surface area is 166 Å². The summed E-state index contributed by atoms with van der Waals surface area (Å²) in [6, 6.07) is 18.5. The minimum atomic E-state index is 0.0850. The van der Waals surface area contributed by atoms with Gasteiger partial charge in [-0.15, -0.1) is 0 Å². The van der Waals surface area contributed by atoms with Gasteiger partial charge in [0.2, 0.25) is 0 Å². The summed E-state index contributed by atoms with van der Waals surface area (Å²) in [4.78, 5) is 16.4. The van der Waals surface area contributed by atoms with Gasteiger partial charge in [-0.3, -0.25) is 9.69 Å². The van der Waals surface area contributed by atoms with Gasteiger partial charge >= 0.3 is 0 Å². The Kier molecular flexibility index (Phi) is 6.24. The van der Waals surface area contributed by atoms with Crippen LogP contribution in [0.2, 0.25) is 0 Å². The largest absolute Gasteiger partial charge is 0.484 e. The lowest BCUT2D eigenvalue weighted by molar-refractivity contribution is -0.132. The van der Waals surface area contributed by atoms with Crippen molar-refractivity contribution in [1.82, 2.24) is 9.80 Å². The van der Waals surface area contributed by atoms with Gasteiger partial charge in [-0.1, -0.05) is 42.5 Å². The molecule has 5 nitrogen and oxygen atoms in total. The number of hydrogen-bond donors (Lipinski definition) is 0. The van der Waals surface area contributed by atoms with Crippen LogP contribution >= 0.6 is 0 Å². The van der Waals surface area contributed by atoms with Crippen LogP contribution in [-0.4, -0.2) is 55.1 Å². The molecule has 2 saturated heterocycles. The molecule has 0 bridgehead atoms. The Morgan fingerprint density at radius 3 is 2.50 bits per heavy atom. The zero-order valence-corrected chi connectivity index (χ0v) is 16.3. The smallest absolute Gasteiger partial charge is 0.260 e. The summed E-state index contributed by atoms with van der Waals surface area (Å²) in [5.41, 5.74) is 2.48. The molecule has 0 aliphatic carbocycles. The van der Waals surface area contributed by atoms with Crippen LogP contribution in [0.1, 0.15) is 30.1 Å². The third kappa shape index (κ3) is 4.91. The fourth-order valence-electron chi connectivity index (χ4n) is 3.87. The normalized spacial score (nSPS) is 20.3. The molecule has 28 heavy (non-hydrogen) atoms. The SMILES string of the molecule is O=C(COc1ccc(CN2CCOC(c3ccccc3)C2)cc1)N1CCCC1. The van der Waals surface area contributed by atoms with E-state index in [1.165, 1.54) is 11.1 Å². The van der Waals surface area contributed by atoms with E-state index in [1.807, 2.05) is 23.1 Å². The van der Waals surface area contributed by atoms with Crippen LogP contribution in [-0.2, 0) is 16.1 Å². The number of hydrogen-bond acceptors (Lipinski definition) is 4. The average Bonchev–Trinajstić information content (AvgIpc) is 3.29. The number of ether oxygens (including phenoxy) is 2. The highest BCUT2D eigenvalue weighted by Crippen LogP contribution is 2.23. The topological polar surface area (TPSA) is 42.0 Å². The highest BCUT2D eigenvalue weighted by molar-refractivity contribution is 5.78. The first-order valence-electron chi connectivity index (χ1n) is 10.2. The van der Waals surface area contributed by atoms with E-state index in [2.05, 4.69) is 41.3 Å². The van der Waals surface area contributed by atoms with Gasteiger partial charge in [0, 0.05) is 32.7 Å². The molecule has 4 rings (SSSR count). The first-order valence-corrected chi connectivity index (χ1v) is 10.2. The highest BCUT2D eigenvalue weighted by Gasteiger charge is 2.22. The molecule has 1 unspecified atom stereocenters. The summed E-state index contributed by atoms with van der Waals surface area (Å²) in [5, 5.41) is 0. The van der Waals surface area contributed by atoms with Gasteiger partial charge in [-0.2, -0.15) is 0 Å². The van der Waals surface area contributed by atoms with Crippen LogP contribution in [0.5, 0.6) is 5.75 Å². The van der Waals surface area contributed by atoms with Crippen molar-refractivity contribution in [2.75, 3.05) is 39.4 Å². The van der Waals surface area contributed by atoms with E-state index in [0.717, 1.165) is 57.9 Å². The Balaban J connectivity index is 1.27. The maximum atomic E-state index is 12.1. The zero-order chi connectivity index (χ0) is 19.2. The molecule has 1 amide bonds. The van der Waals surface area contributed by atoms with Gasteiger partial charge in [-0.05, 0) is 36.1 Å². The fourth-order valence-corrected chi connectivity index (χ4v) is 3.87. The van der Waals surface area contributed by atoms with E-state index in [9.17, 15) is 4.79 Å². The van der Waals surface area contributed by atoms with Crippen molar-refractivity contribution >= 4 is 5.91 Å². The third-order valence-electron chi connectivity index (χ3n) is 5.47. The number of morpholine rings is 1. The van der Waals surface area contributed by atoms with Crippen molar-refractivity contribution in [2.45, 2.75) is 25.5 Å². The average molecular weight is 380 g/mol. The van der Waals surface area contributed by atoms with Crippen molar-refractivity contribution in [3.05, 3.63) is 65.7 Å². The van der Waals surface area contributed by atoms with E-state index >= 15 is 0 Å². The number of carbonyl (C=O) groups excluding carboxylic acids is 1. The predicted molar refractivity (Wildman–Crippen MR) is 108 cm³/mol. The van der Waals surface area contributed by atoms with Crippen LogP contribution in [0.25, 0.3) is 0 Å². The predicted octanol–water partition coefficient (Wildman–Crippen LogP) is 3.26. The molecule has 2 aliphatic heterocycles. The molecule has 2 aromatic carbocycles.